The third kappa shape index (κ3) is 4.67. The maximum Gasteiger partial charge on any atom is 0.281 e. The fourth-order valence-electron chi connectivity index (χ4n) is 2.76. The Morgan fingerprint density at radius 2 is 2.13 bits per heavy atom. The molecule has 2 rings (SSSR count). The number of hydrogen-bond acceptors (Lipinski definition) is 4. The Labute approximate surface area is 138 Å². The predicted molar refractivity (Wildman–Crippen MR) is 91.0 cm³/mol. The molecule has 0 amide bonds. The first-order valence-corrected chi connectivity index (χ1v) is 9.26. The lowest BCUT2D eigenvalue weighted by molar-refractivity contribution is 0.297. The summed E-state index contributed by atoms with van der Waals surface area (Å²) in [6, 6.07) is 12.0. The van der Waals surface area contributed by atoms with E-state index in [0.717, 1.165) is 18.5 Å². The molecule has 0 aromatic heterocycles. The summed E-state index contributed by atoms with van der Waals surface area (Å²) < 4.78 is 28.1. The van der Waals surface area contributed by atoms with Crippen LogP contribution in [0, 0.1) is 17.2 Å². The minimum Gasteiger partial charge on any atom is -0.381 e. The SMILES string of the molecule is C[C@H](C#N)CN(C)S(=O)(=O)N1CCC[C@@H](Nc2ccccc2)C1. The van der Waals surface area contributed by atoms with Crippen LogP contribution in [0.3, 0.4) is 0 Å². The quantitative estimate of drug-likeness (QED) is 0.861. The topological polar surface area (TPSA) is 76.4 Å². The molecule has 2 atom stereocenters. The number of para-hydroxylation sites is 1. The Hall–Kier alpha value is -1.62. The van der Waals surface area contributed by atoms with Crippen LogP contribution in [-0.4, -0.2) is 49.8 Å². The number of nitriles is 1. The van der Waals surface area contributed by atoms with E-state index in [-0.39, 0.29) is 18.5 Å². The number of hydrogen-bond donors (Lipinski definition) is 1. The fraction of sp³-hybridized carbons (Fsp3) is 0.562. The highest BCUT2D eigenvalue weighted by Crippen LogP contribution is 2.20. The van der Waals surface area contributed by atoms with Gasteiger partial charge >= 0.3 is 0 Å². The first-order valence-electron chi connectivity index (χ1n) is 7.86. The monoisotopic (exact) mass is 336 g/mol. The molecule has 126 valence electrons. The highest BCUT2D eigenvalue weighted by molar-refractivity contribution is 7.86. The van der Waals surface area contributed by atoms with Gasteiger partial charge in [-0.1, -0.05) is 18.2 Å². The van der Waals surface area contributed by atoms with Gasteiger partial charge in [-0.25, -0.2) is 0 Å². The van der Waals surface area contributed by atoms with Crippen LogP contribution >= 0.6 is 0 Å². The number of piperidine rings is 1. The molecule has 0 unspecified atom stereocenters. The predicted octanol–water partition coefficient (Wildman–Crippen LogP) is 1.90. The van der Waals surface area contributed by atoms with Gasteiger partial charge in [-0.15, -0.1) is 0 Å². The van der Waals surface area contributed by atoms with E-state index in [2.05, 4.69) is 11.4 Å². The molecule has 1 saturated heterocycles. The van der Waals surface area contributed by atoms with Crippen molar-refractivity contribution in [2.45, 2.75) is 25.8 Å². The summed E-state index contributed by atoms with van der Waals surface area (Å²) in [7, 11) is -1.98. The molecule has 0 radical (unpaired) electrons. The van der Waals surface area contributed by atoms with Gasteiger partial charge in [-0.05, 0) is 31.9 Å². The van der Waals surface area contributed by atoms with Crippen LogP contribution in [0.25, 0.3) is 0 Å². The lowest BCUT2D eigenvalue weighted by Crippen LogP contribution is -2.50. The van der Waals surface area contributed by atoms with Gasteiger partial charge in [0.1, 0.15) is 0 Å². The highest BCUT2D eigenvalue weighted by atomic mass is 32.2. The molecule has 23 heavy (non-hydrogen) atoms. The van der Waals surface area contributed by atoms with E-state index in [1.54, 1.807) is 6.92 Å². The van der Waals surface area contributed by atoms with Gasteiger partial charge in [0.2, 0.25) is 0 Å². The van der Waals surface area contributed by atoms with Gasteiger partial charge in [-0.3, -0.25) is 0 Å². The number of rotatable bonds is 6. The van der Waals surface area contributed by atoms with E-state index in [9.17, 15) is 8.42 Å². The van der Waals surface area contributed by atoms with Gasteiger partial charge < -0.3 is 5.32 Å². The molecule has 0 saturated carbocycles. The Bertz CT molecular complexity index is 642. The smallest absolute Gasteiger partial charge is 0.281 e. The molecule has 0 aliphatic carbocycles. The second kappa shape index (κ2) is 7.77. The third-order valence-electron chi connectivity index (χ3n) is 4.00. The van der Waals surface area contributed by atoms with Crippen molar-refractivity contribution in [3.63, 3.8) is 0 Å². The zero-order valence-electron chi connectivity index (χ0n) is 13.6. The summed E-state index contributed by atoms with van der Waals surface area (Å²) in [6.07, 6.45) is 1.77. The largest absolute Gasteiger partial charge is 0.381 e. The van der Waals surface area contributed by atoms with Crippen molar-refractivity contribution >= 4 is 15.9 Å². The van der Waals surface area contributed by atoms with Gasteiger partial charge in [0.15, 0.2) is 0 Å². The Morgan fingerprint density at radius 1 is 1.43 bits per heavy atom. The van der Waals surface area contributed by atoms with Gasteiger partial charge in [0, 0.05) is 38.4 Å². The van der Waals surface area contributed by atoms with E-state index in [1.165, 1.54) is 15.7 Å². The van der Waals surface area contributed by atoms with Crippen LogP contribution in [0.1, 0.15) is 19.8 Å². The number of benzene rings is 1. The lowest BCUT2D eigenvalue weighted by Gasteiger charge is -2.35. The van der Waals surface area contributed by atoms with Crippen LogP contribution in [0.15, 0.2) is 30.3 Å². The average Bonchev–Trinajstić information content (AvgIpc) is 2.55. The zero-order valence-corrected chi connectivity index (χ0v) is 14.5. The Kier molecular flexibility index (Phi) is 5.99. The van der Waals surface area contributed by atoms with E-state index in [4.69, 9.17) is 5.26 Å². The second-order valence-electron chi connectivity index (χ2n) is 6.03. The zero-order chi connectivity index (χ0) is 16.9. The van der Waals surface area contributed by atoms with Gasteiger partial charge in [-0.2, -0.15) is 22.3 Å². The van der Waals surface area contributed by atoms with Crippen molar-refractivity contribution in [3.8, 4) is 6.07 Å². The molecule has 7 heteroatoms. The summed E-state index contributed by atoms with van der Waals surface area (Å²) in [4.78, 5) is 0. The summed E-state index contributed by atoms with van der Waals surface area (Å²) in [5, 5.41) is 12.3. The van der Waals surface area contributed by atoms with E-state index < -0.39 is 10.2 Å². The summed E-state index contributed by atoms with van der Waals surface area (Å²) in [5.74, 6) is -0.321. The molecule has 0 bridgehead atoms. The lowest BCUT2D eigenvalue weighted by atomic mass is 10.1. The number of nitrogens with one attached hydrogen (secondary N) is 1. The van der Waals surface area contributed by atoms with Crippen molar-refractivity contribution in [2.75, 3.05) is 32.0 Å². The standard InChI is InChI=1S/C16H24N4O2S/c1-14(11-17)12-19(2)23(21,22)20-10-6-9-16(13-20)18-15-7-4-3-5-8-15/h3-5,7-8,14,16,18H,6,9-10,12-13H2,1-2H3/t14-,16-/m1/s1. The molecule has 1 aromatic rings. The van der Waals surface area contributed by atoms with Crippen molar-refractivity contribution in [3.05, 3.63) is 30.3 Å². The minimum absolute atomic E-state index is 0.0997. The van der Waals surface area contributed by atoms with Crippen LogP contribution < -0.4 is 5.32 Å². The summed E-state index contributed by atoms with van der Waals surface area (Å²) >= 11 is 0. The third-order valence-corrected chi connectivity index (χ3v) is 5.92. The summed E-state index contributed by atoms with van der Waals surface area (Å²) in [5.41, 5.74) is 1.00. The molecular formula is C16H24N4O2S. The Balaban J connectivity index is 2.01. The van der Waals surface area contributed by atoms with Crippen molar-refractivity contribution in [1.29, 1.82) is 5.26 Å². The molecule has 1 aliphatic rings. The first kappa shape index (κ1) is 17.7. The first-order chi connectivity index (χ1) is 10.9. The summed E-state index contributed by atoms with van der Waals surface area (Å²) in [6.45, 7) is 2.91. The van der Waals surface area contributed by atoms with Crippen LogP contribution in [0.5, 0.6) is 0 Å². The van der Waals surface area contributed by atoms with Crippen molar-refractivity contribution < 1.29 is 8.42 Å². The van der Waals surface area contributed by atoms with Crippen molar-refractivity contribution in [1.82, 2.24) is 8.61 Å². The molecule has 1 fully saturated rings. The molecule has 6 nitrogen and oxygen atoms in total. The van der Waals surface area contributed by atoms with Crippen LogP contribution in [0.2, 0.25) is 0 Å². The maximum atomic E-state index is 12.6. The van der Waals surface area contributed by atoms with Gasteiger partial charge in [0.25, 0.3) is 10.2 Å². The van der Waals surface area contributed by atoms with E-state index in [1.807, 2.05) is 30.3 Å². The second-order valence-corrected chi connectivity index (χ2v) is 8.06. The van der Waals surface area contributed by atoms with Gasteiger partial charge in [0.05, 0.1) is 12.0 Å². The maximum absolute atomic E-state index is 12.6. The number of anilines is 1. The minimum atomic E-state index is -3.52. The normalized spacial score (nSPS) is 20.9. The van der Waals surface area contributed by atoms with Crippen LogP contribution in [0.4, 0.5) is 5.69 Å². The molecule has 1 heterocycles. The fourth-order valence-corrected chi connectivity index (χ4v) is 4.29. The number of nitrogens with zero attached hydrogens (tertiary/aromatic N) is 3. The molecule has 0 spiro atoms. The molecule has 1 aliphatic heterocycles. The highest BCUT2D eigenvalue weighted by Gasteiger charge is 2.32. The molecular weight excluding hydrogens is 312 g/mol. The van der Waals surface area contributed by atoms with E-state index >= 15 is 0 Å². The molecule has 1 aromatic carbocycles. The average molecular weight is 336 g/mol. The molecule has 1 N–H and O–H groups in total. The Morgan fingerprint density at radius 3 is 2.78 bits per heavy atom. The van der Waals surface area contributed by atoms with Crippen LogP contribution in [-0.2, 0) is 10.2 Å². The van der Waals surface area contributed by atoms with E-state index in [0.29, 0.717) is 13.1 Å². The van der Waals surface area contributed by atoms with Crippen molar-refractivity contribution in [2.24, 2.45) is 5.92 Å².